The highest BCUT2D eigenvalue weighted by Gasteiger charge is 2.33. The third-order valence-electron chi connectivity index (χ3n) is 4.64. The number of aliphatic hydroxyl groups excluding tert-OH is 1. The standard InChI is InChI=1S/C19H22F3N3OS/c20-19(21,22)15-6-7-18(23-12-15)25-10-8-24(9-11-25)13-16(26)14-27-17-4-2-1-3-5-17/h1-7,12,16,26H,8-11,13-14H2/p+2/t16-/m1/s1. The fourth-order valence-corrected chi connectivity index (χ4v) is 4.01. The number of H-pyrrole nitrogens is 1. The fourth-order valence-electron chi connectivity index (χ4n) is 3.16. The van der Waals surface area contributed by atoms with Crippen LogP contribution >= 0.6 is 11.8 Å². The van der Waals surface area contributed by atoms with E-state index in [9.17, 15) is 18.3 Å². The molecule has 4 nitrogen and oxygen atoms in total. The van der Waals surface area contributed by atoms with Crippen molar-refractivity contribution in [1.82, 2.24) is 0 Å². The number of hydrogen-bond acceptors (Lipinski definition) is 3. The highest BCUT2D eigenvalue weighted by Crippen LogP contribution is 2.28. The first-order valence-electron chi connectivity index (χ1n) is 8.95. The Morgan fingerprint density at radius 3 is 2.41 bits per heavy atom. The molecule has 8 heteroatoms. The monoisotopic (exact) mass is 399 g/mol. The van der Waals surface area contributed by atoms with Crippen LogP contribution in [0.15, 0.2) is 53.6 Å². The Hall–Kier alpha value is -1.77. The number of hydrogen-bond donors (Lipinski definition) is 2. The van der Waals surface area contributed by atoms with Crippen molar-refractivity contribution >= 4 is 17.6 Å². The summed E-state index contributed by atoms with van der Waals surface area (Å²) in [5.74, 6) is 1.35. The first kappa shape index (κ1) is 20.0. The Morgan fingerprint density at radius 1 is 1.11 bits per heavy atom. The van der Waals surface area contributed by atoms with Crippen LogP contribution < -0.4 is 14.8 Å². The van der Waals surface area contributed by atoms with Crippen molar-refractivity contribution in [2.24, 2.45) is 0 Å². The Labute approximate surface area is 161 Å². The maximum Gasteiger partial charge on any atom is 0.419 e. The largest absolute Gasteiger partial charge is 0.419 e. The molecule has 27 heavy (non-hydrogen) atoms. The molecule has 3 rings (SSSR count). The Morgan fingerprint density at radius 2 is 1.81 bits per heavy atom. The van der Waals surface area contributed by atoms with Gasteiger partial charge in [-0.05, 0) is 18.2 Å². The number of aliphatic hydroxyl groups is 1. The molecule has 2 heterocycles. The number of rotatable bonds is 6. The zero-order chi connectivity index (χ0) is 19.3. The SMILES string of the molecule is O[C@@H](CSc1ccccc1)C[NH+]1CCN(c2ccc(C(F)(F)F)c[nH+]2)CC1. The van der Waals surface area contributed by atoms with E-state index in [0.29, 0.717) is 18.1 Å². The van der Waals surface area contributed by atoms with Crippen LogP contribution in [0.3, 0.4) is 0 Å². The third-order valence-corrected chi connectivity index (χ3v) is 5.80. The van der Waals surface area contributed by atoms with Gasteiger partial charge < -0.3 is 10.0 Å². The molecule has 1 saturated heterocycles. The number of quaternary nitrogens is 1. The van der Waals surface area contributed by atoms with Crippen molar-refractivity contribution in [3.63, 3.8) is 0 Å². The molecule has 0 amide bonds. The summed E-state index contributed by atoms with van der Waals surface area (Å²) >= 11 is 1.65. The van der Waals surface area contributed by atoms with Gasteiger partial charge in [-0.2, -0.15) is 13.2 Å². The lowest BCUT2D eigenvalue weighted by molar-refractivity contribution is -0.903. The predicted octanol–water partition coefficient (Wildman–Crippen LogP) is 1.38. The molecule has 1 atom stereocenters. The number of halogens is 3. The Bertz CT molecular complexity index is 704. The van der Waals surface area contributed by atoms with Gasteiger partial charge in [-0.15, -0.1) is 11.8 Å². The van der Waals surface area contributed by atoms with Gasteiger partial charge in [0.15, 0.2) is 0 Å². The van der Waals surface area contributed by atoms with Crippen molar-refractivity contribution in [2.45, 2.75) is 17.2 Å². The highest BCUT2D eigenvalue weighted by molar-refractivity contribution is 7.99. The number of benzene rings is 1. The van der Waals surface area contributed by atoms with E-state index in [1.165, 1.54) is 11.0 Å². The number of aromatic nitrogens is 1. The van der Waals surface area contributed by atoms with E-state index in [2.05, 4.69) is 9.88 Å². The highest BCUT2D eigenvalue weighted by atomic mass is 32.2. The van der Waals surface area contributed by atoms with E-state index in [4.69, 9.17) is 0 Å². The summed E-state index contributed by atoms with van der Waals surface area (Å²) in [6.07, 6.45) is -3.69. The summed E-state index contributed by atoms with van der Waals surface area (Å²) in [6, 6.07) is 12.6. The fraction of sp³-hybridized carbons (Fsp3) is 0.421. The van der Waals surface area contributed by atoms with E-state index >= 15 is 0 Å². The molecule has 0 saturated carbocycles. The number of nitrogens with zero attached hydrogens (tertiary/aromatic N) is 1. The van der Waals surface area contributed by atoms with E-state index in [1.807, 2.05) is 30.3 Å². The second-order valence-corrected chi connectivity index (χ2v) is 7.77. The number of alkyl halides is 3. The average Bonchev–Trinajstić information content (AvgIpc) is 2.67. The van der Waals surface area contributed by atoms with Crippen molar-refractivity contribution in [3.8, 4) is 0 Å². The summed E-state index contributed by atoms with van der Waals surface area (Å²) < 4.78 is 37.9. The van der Waals surface area contributed by atoms with Gasteiger partial charge in [0.25, 0.3) is 5.82 Å². The lowest BCUT2D eigenvalue weighted by atomic mass is 10.2. The van der Waals surface area contributed by atoms with Gasteiger partial charge >= 0.3 is 6.18 Å². The van der Waals surface area contributed by atoms with Crippen LogP contribution in [-0.4, -0.2) is 49.7 Å². The number of pyridine rings is 1. The first-order chi connectivity index (χ1) is 12.9. The normalized spacial score (nSPS) is 17.1. The van der Waals surface area contributed by atoms with E-state index in [-0.39, 0.29) is 6.10 Å². The molecule has 1 fully saturated rings. The molecule has 2 aromatic rings. The van der Waals surface area contributed by atoms with Crippen LogP contribution in [0.25, 0.3) is 0 Å². The minimum absolute atomic E-state index is 0.380. The van der Waals surface area contributed by atoms with Crippen LogP contribution in [0, 0.1) is 0 Å². The lowest BCUT2D eigenvalue weighted by Gasteiger charge is -2.29. The van der Waals surface area contributed by atoms with Gasteiger partial charge in [0, 0.05) is 16.7 Å². The van der Waals surface area contributed by atoms with Crippen LogP contribution in [0.2, 0.25) is 0 Å². The van der Waals surface area contributed by atoms with Crippen LogP contribution in [0.1, 0.15) is 5.56 Å². The first-order valence-corrected chi connectivity index (χ1v) is 9.94. The number of nitrogens with one attached hydrogen (secondary N) is 2. The molecule has 0 unspecified atom stereocenters. The predicted molar refractivity (Wildman–Crippen MR) is 98.9 cm³/mol. The lowest BCUT2D eigenvalue weighted by Crippen LogP contribution is -3.16. The number of piperazine rings is 1. The average molecular weight is 399 g/mol. The number of thioether (sulfide) groups is 1. The van der Waals surface area contributed by atoms with Crippen LogP contribution in [0.5, 0.6) is 0 Å². The molecule has 0 radical (unpaired) electrons. The molecule has 3 N–H and O–H groups in total. The molecule has 1 aromatic carbocycles. The van der Waals surface area contributed by atoms with E-state index in [1.54, 1.807) is 11.8 Å². The van der Waals surface area contributed by atoms with Crippen LogP contribution in [-0.2, 0) is 6.18 Å². The third kappa shape index (κ3) is 5.85. The zero-order valence-electron chi connectivity index (χ0n) is 14.9. The van der Waals surface area contributed by atoms with Gasteiger partial charge in [0.1, 0.15) is 45.0 Å². The minimum Gasteiger partial charge on any atom is -0.386 e. The Kier molecular flexibility index (Phi) is 6.62. The molecule has 0 bridgehead atoms. The summed E-state index contributed by atoms with van der Waals surface area (Å²) in [7, 11) is 0. The van der Waals surface area contributed by atoms with Gasteiger partial charge in [-0.3, -0.25) is 4.90 Å². The van der Waals surface area contributed by atoms with Gasteiger partial charge in [-0.1, -0.05) is 18.2 Å². The second-order valence-electron chi connectivity index (χ2n) is 6.68. The zero-order valence-corrected chi connectivity index (χ0v) is 15.7. The molecule has 1 aromatic heterocycles. The summed E-state index contributed by atoms with van der Waals surface area (Å²) in [4.78, 5) is 7.27. The molecule has 1 aliphatic heterocycles. The van der Waals surface area contributed by atoms with E-state index < -0.39 is 11.7 Å². The molecular weight excluding hydrogens is 375 g/mol. The number of aromatic amines is 1. The van der Waals surface area contributed by atoms with Crippen LogP contribution in [0.4, 0.5) is 19.0 Å². The smallest absolute Gasteiger partial charge is 0.386 e. The minimum atomic E-state index is -4.33. The summed E-state index contributed by atoms with van der Waals surface area (Å²) in [6.45, 7) is 3.87. The second kappa shape index (κ2) is 8.95. The summed E-state index contributed by atoms with van der Waals surface area (Å²) in [5.41, 5.74) is -0.672. The summed E-state index contributed by atoms with van der Waals surface area (Å²) in [5, 5.41) is 10.3. The molecular formula is C19H24F3N3OS+2. The molecule has 146 valence electrons. The molecule has 0 spiro atoms. The Balaban J connectivity index is 1.43. The van der Waals surface area contributed by atoms with Crippen molar-refractivity contribution < 1.29 is 28.2 Å². The van der Waals surface area contributed by atoms with E-state index in [0.717, 1.165) is 43.3 Å². The topological polar surface area (TPSA) is 42.1 Å². The maximum atomic E-state index is 12.6. The molecule has 0 aliphatic carbocycles. The quantitative estimate of drug-likeness (QED) is 0.722. The number of anilines is 1. The van der Waals surface area contributed by atoms with Crippen molar-refractivity contribution in [2.75, 3.05) is 43.4 Å². The molecule has 1 aliphatic rings. The van der Waals surface area contributed by atoms with Crippen molar-refractivity contribution in [1.29, 1.82) is 0 Å². The van der Waals surface area contributed by atoms with Crippen molar-refractivity contribution in [3.05, 3.63) is 54.2 Å². The maximum absolute atomic E-state index is 12.6. The van der Waals surface area contributed by atoms with Gasteiger partial charge in [0.2, 0.25) is 0 Å². The van der Waals surface area contributed by atoms with Gasteiger partial charge in [-0.25, -0.2) is 4.98 Å². The van der Waals surface area contributed by atoms with Gasteiger partial charge in [0.05, 0.1) is 5.56 Å².